The molecule has 2 aromatic carbocycles. The van der Waals surface area contributed by atoms with Crippen molar-refractivity contribution in [2.45, 2.75) is 51.7 Å². The molecule has 1 saturated heterocycles. The highest BCUT2D eigenvalue weighted by atomic mass is 16.7. The van der Waals surface area contributed by atoms with Gasteiger partial charge in [0, 0.05) is 0 Å². The van der Waals surface area contributed by atoms with E-state index in [-0.39, 0.29) is 5.97 Å². The highest BCUT2D eigenvalue weighted by Crippen LogP contribution is 2.52. The van der Waals surface area contributed by atoms with Crippen LogP contribution in [0.25, 0.3) is 0 Å². The quantitative estimate of drug-likeness (QED) is 0.418. The average molecular weight is 338 g/mol. The van der Waals surface area contributed by atoms with Crippen LogP contribution in [0.4, 0.5) is 0 Å². The molecular formula is C22H26O3. The van der Waals surface area contributed by atoms with Crippen LogP contribution in [-0.2, 0) is 19.9 Å². The van der Waals surface area contributed by atoms with Crippen LogP contribution < -0.4 is 0 Å². The fraction of sp³-hybridized carbons (Fsp3) is 0.409. The summed E-state index contributed by atoms with van der Waals surface area (Å²) in [6.45, 7) is 6.70. The van der Waals surface area contributed by atoms with E-state index in [1.165, 1.54) is 11.1 Å². The van der Waals surface area contributed by atoms with Gasteiger partial charge in [-0.2, -0.15) is 0 Å². The number of esters is 1. The third-order valence-corrected chi connectivity index (χ3v) is 4.78. The minimum absolute atomic E-state index is 0.266. The van der Waals surface area contributed by atoms with Gasteiger partial charge in [0.1, 0.15) is 0 Å². The summed E-state index contributed by atoms with van der Waals surface area (Å²) in [7, 11) is 0. The number of ether oxygens (including phenoxy) is 2. The van der Waals surface area contributed by atoms with E-state index in [1.54, 1.807) is 0 Å². The molecule has 0 aromatic heterocycles. The van der Waals surface area contributed by atoms with Crippen LogP contribution >= 0.6 is 0 Å². The van der Waals surface area contributed by atoms with Gasteiger partial charge in [-0.25, -0.2) is 4.79 Å². The van der Waals surface area contributed by atoms with E-state index >= 15 is 0 Å². The molecule has 0 radical (unpaired) electrons. The minimum atomic E-state index is -0.719. The van der Waals surface area contributed by atoms with Gasteiger partial charge in [0.05, 0.1) is 6.61 Å². The maximum Gasteiger partial charge on any atom is 0.339 e. The van der Waals surface area contributed by atoms with Crippen LogP contribution in [0.5, 0.6) is 0 Å². The van der Waals surface area contributed by atoms with E-state index < -0.39 is 11.7 Å². The van der Waals surface area contributed by atoms with Crippen molar-refractivity contribution < 1.29 is 14.3 Å². The third-order valence-electron chi connectivity index (χ3n) is 4.78. The van der Waals surface area contributed by atoms with Gasteiger partial charge >= 0.3 is 5.97 Å². The summed E-state index contributed by atoms with van der Waals surface area (Å²) in [5, 5.41) is 0. The highest BCUT2D eigenvalue weighted by Gasteiger charge is 2.64. The molecule has 0 N–H and O–H groups in total. The van der Waals surface area contributed by atoms with Gasteiger partial charge in [-0.05, 0) is 31.4 Å². The average Bonchev–Trinajstić information content (AvgIpc) is 3.37. The van der Waals surface area contributed by atoms with Gasteiger partial charge in [-0.3, -0.25) is 0 Å². The standard InChI is InChI=1S/C22H26O3/c1-4-5-6-15-24-21(23)20-22(25-20,18-11-7-16(2)8-12-18)19-13-9-17(3)10-14-19/h7-14,20H,4-6,15H2,1-3H3. The zero-order chi connectivity index (χ0) is 17.9. The number of hydrogen-bond donors (Lipinski definition) is 0. The molecule has 0 spiro atoms. The zero-order valence-electron chi connectivity index (χ0n) is 15.2. The lowest BCUT2D eigenvalue weighted by Gasteiger charge is -2.15. The van der Waals surface area contributed by atoms with E-state index in [9.17, 15) is 4.79 Å². The lowest BCUT2D eigenvalue weighted by atomic mass is 9.87. The van der Waals surface area contributed by atoms with Gasteiger partial charge in [0.15, 0.2) is 11.7 Å². The summed E-state index contributed by atoms with van der Waals surface area (Å²) < 4.78 is 11.5. The Morgan fingerprint density at radius 1 is 0.960 bits per heavy atom. The first-order chi connectivity index (χ1) is 12.1. The molecule has 2 aromatic rings. The second-order valence-corrected chi connectivity index (χ2v) is 6.84. The molecule has 3 nitrogen and oxygen atoms in total. The molecule has 1 fully saturated rings. The maximum atomic E-state index is 12.5. The molecule has 3 heteroatoms. The van der Waals surface area contributed by atoms with Crippen LogP contribution in [0.15, 0.2) is 48.5 Å². The van der Waals surface area contributed by atoms with Crippen molar-refractivity contribution >= 4 is 5.97 Å². The third kappa shape index (κ3) is 3.62. The second kappa shape index (κ2) is 7.40. The summed E-state index contributed by atoms with van der Waals surface area (Å²) in [4.78, 5) is 12.5. The number of carbonyl (C=O) groups excluding carboxylic acids is 1. The first-order valence-electron chi connectivity index (χ1n) is 9.06. The van der Waals surface area contributed by atoms with Crippen molar-refractivity contribution in [3.8, 4) is 0 Å². The molecule has 1 atom stereocenters. The van der Waals surface area contributed by atoms with Crippen LogP contribution in [0, 0.1) is 13.8 Å². The molecule has 0 aliphatic carbocycles. The van der Waals surface area contributed by atoms with Gasteiger partial charge in [0.25, 0.3) is 0 Å². The molecule has 1 unspecified atom stereocenters. The fourth-order valence-corrected chi connectivity index (χ4v) is 3.17. The summed E-state index contributed by atoms with van der Waals surface area (Å²) in [6.07, 6.45) is 2.50. The Kier molecular flexibility index (Phi) is 5.24. The monoisotopic (exact) mass is 338 g/mol. The SMILES string of the molecule is CCCCCOC(=O)C1OC1(c1ccc(C)cc1)c1ccc(C)cc1. The molecule has 0 amide bonds. The predicted molar refractivity (Wildman–Crippen MR) is 98.5 cm³/mol. The predicted octanol–water partition coefficient (Wildman–Crippen LogP) is 4.68. The summed E-state index contributed by atoms with van der Waals surface area (Å²) in [5.74, 6) is -0.266. The van der Waals surface area contributed by atoms with Gasteiger partial charge < -0.3 is 9.47 Å². The Balaban J connectivity index is 1.84. The number of epoxide rings is 1. The van der Waals surface area contributed by atoms with Gasteiger partial charge in [-0.1, -0.05) is 79.4 Å². The minimum Gasteiger partial charge on any atom is -0.464 e. The normalized spacial score (nSPS) is 18.0. The fourth-order valence-electron chi connectivity index (χ4n) is 3.17. The first kappa shape index (κ1) is 17.7. The van der Waals surface area contributed by atoms with Crippen molar-refractivity contribution in [2.24, 2.45) is 0 Å². The summed E-state index contributed by atoms with van der Waals surface area (Å²) in [5.41, 5.74) is 3.64. The Labute approximate surface area is 150 Å². The number of unbranched alkanes of at least 4 members (excludes halogenated alkanes) is 2. The molecule has 132 valence electrons. The van der Waals surface area contributed by atoms with Crippen molar-refractivity contribution in [3.05, 3.63) is 70.8 Å². The second-order valence-electron chi connectivity index (χ2n) is 6.84. The number of benzene rings is 2. The first-order valence-corrected chi connectivity index (χ1v) is 9.06. The molecular weight excluding hydrogens is 312 g/mol. The number of rotatable bonds is 7. The highest BCUT2D eigenvalue weighted by molar-refractivity contribution is 5.81. The number of aryl methyl sites for hydroxylation is 2. The van der Waals surface area contributed by atoms with Crippen molar-refractivity contribution in [2.75, 3.05) is 6.61 Å². The van der Waals surface area contributed by atoms with Crippen molar-refractivity contribution in [3.63, 3.8) is 0 Å². The summed E-state index contributed by atoms with van der Waals surface area (Å²) >= 11 is 0. The van der Waals surface area contributed by atoms with E-state index in [2.05, 4.69) is 45.0 Å². The molecule has 0 saturated carbocycles. The Bertz CT molecular complexity index is 670. The van der Waals surface area contributed by atoms with Crippen LogP contribution in [0.1, 0.15) is 48.4 Å². The molecule has 1 aliphatic heterocycles. The van der Waals surface area contributed by atoms with E-state index in [0.29, 0.717) is 6.61 Å². The molecule has 3 rings (SSSR count). The smallest absolute Gasteiger partial charge is 0.339 e. The Morgan fingerprint density at radius 2 is 1.48 bits per heavy atom. The number of carbonyl (C=O) groups is 1. The zero-order valence-corrected chi connectivity index (χ0v) is 15.2. The van der Waals surface area contributed by atoms with E-state index in [1.807, 2.05) is 24.3 Å². The van der Waals surface area contributed by atoms with E-state index in [0.717, 1.165) is 30.4 Å². The summed E-state index contributed by atoms with van der Waals surface area (Å²) in [6, 6.07) is 16.4. The van der Waals surface area contributed by atoms with E-state index in [4.69, 9.17) is 9.47 Å². The molecule has 0 bridgehead atoms. The number of hydrogen-bond acceptors (Lipinski definition) is 3. The van der Waals surface area contributed by atoms with Crippen LogP contribution in [0.3, 0.4) is 0 Å². The van der Waals surface area contributed by atoms with Gasteiger partial charge in [0.2, 0.25) is 0 Å². The van der Waals surface area contributed by atoms with Crippen LogP contribution in [0.2, 0.25) is 0 Å². The Hall–Kier alpha value is -2.13. The lowest BCUT2D eigenvalue weighted by Crippen LogP contribution is -2.23. The lowest BCUT2D eigenvalue weighted by molar-refractivity contribution is -0.145. The van der Waals surface area contributed by atoms with Crippen LogP contribution in [-0.4, -0.2) is 18.7 Å². The van der Waals surface area contributed by atoms with Gasteiger partial charge in [-0.15, -0.1) is 0 Å². The maximum absolute atomic E-state index is 12.5. The topological polar surface area (TPSA) is 38.8 Å². The molecule has 1 aliphatic rings. The largest absolute Gasteiger partial charge is 0.464 e. The Morgan fingerprint density at radius 3 is 1.96 bits per heavy atom. The van der Waals surface area contributed by atoms with Crippen molar-refractivity contribution in [1.29, 1.82) is 0 Å². The molecule has 25 heavy (non-hydrogen) atoms. The van der Waals surface area contributed by atoms with Crippen molar-refractivity contribution in [1.82, 2.24) is 0 Å². The molecule has 1 heterocycles.